The van der Waals surface area contributed by atoms with Gasteiger partial charge in [-0.1, -0.05) is 43.7 Å². The molecule has 4 nitrogen and oxygen atoms in total. The Hall–Kier alpha value is -1.88. The number of hydrogen-bond donors (Lipinski definition) is 2. The van der Waals surface area contributed by atoms with Crippen LogP contribution in [0.2, 0.25) is 0 Å². The van der Waals surface area contributed by atoms with Crippen LogP contribution in [0.15, 0.2) is 35.5 Å². The van der Waals surface area contributed by atoms with Gasteiger partial charge in [-0.05, 0) is 19.4 Å². The molecule has 2 N–H and O–H groups in total. The van der Waals surface area contributed by atoms with Gasteiger partial charge in [-0.3, -0.25) is 4.99 Å². The lowest BCUT2D eigenvalue weighted by atomic mass is 9.84. The molecule has 0 radical (unpaired) electrons. The minimum Gasteiger partial charge on any atom is -0.356 e. The van der Waals surface area contributed by atoms with Crippen LogP contribution >= 0.6 is 11.3 Å². The van der Waals surface area contributed by atoms with Gasteiger partial charge < -0.3 is 10.6 Å². The van der Waals surface area contributed by atoms with Crippen LogP contribution < -0.4 is 10.6 Å². The van der Waals surface area contributed by atoms with E-state index < -0.39 is 0 Å². The van der Waals surface area contributed by atoms with Crippen molar-refractivity contribution in [3.05, 3.63) is 51.5 Å². The molecule has 0 fully saturated rings. The SMILES string of the molecule is CN=C(NCCc1ncc(C)s1)NCC(C)(C)c1cccc(C)c1. The maximum Gasteiger partial charge on any atom is 0.191 e. The molecule has 0 aliphatic carbocycles. The monoisotopic (exact) mass is 344 g/mol. The van der Waals surface area contributed by atoms with Crippen molar-refractivity contribution in [2.45, 2.75) is 39.5 Å². The second-order valence-corrected chi connectivity index (χ2v) is 8.04. The lowest BCUT2D eigenvalue weighted by Crippen LogP contribution is -2.44. The highest BCUT2D eigenvalue weighted by molar-refractivity contribution is 7.11. The number of guanidine groups is 1. The summed E-state index contributed by atoms with van der Waals surface area (Å²) in [5.74, 6) is 0.837. The molecule has 2 aromatic rings. The van der Waals surface area contributed by atoms with Crippen LogP contribution in [0.25, 0.3) is 0 Å². The molecule has 0 unspecified atom stereocenters. The minimum atomic E-state index is 0.0378. The van der Waals surface area contributed by atoms with Crippen LogP contribution in [-0.2, 0) is 11.8 Å². The van der Waals surface area contributed by atoms with Crippen molar-refractivity contribution in [1.29, 1.82) is 0 Å². The van der Waals surface area contributed by atoms with Crippen LogP contribution in [0.3, 0.4) is 0 Å². The average molecular weight is 345 g/mol. The summed E-state index contributed by atoms with van der Waals surface area (Å²) in [7, 11) is 1.81. The molecule has 130 valence electrons. The number of aliphatic imine (C=N–C) groups is 1. The van der Waals surface area contributed by atoms with E-state index in [9.17, 15) is 0 Å². The van der Waals surface area contributed by atoms with E-state index in [1.54, 1.807) is 11.3 Å². The standard InChI is InChI=1S/C19H28N4S/c1-14-7-6-8-16(11-14)19(3,4)13-23-18(20-5)21-10-9-17-22-12-15(2)24-17/h6-8,11-12H,9-10,13H2,1-5H3,(H2,20,21,23). The molecule has 1 heterocycles. The van der Waals surface area contributed by atoms with Gasteiger partial charge in [0.2, 0.25) is 0 Å². The summed E-state index contributed by atoms with van der Waals surface area (Å²) in [4.78, 5) is 9.96. The third kappa shape index (κ3) is 5.34. The van der Waals surface area contributed by atoms with E-state index in [1.165, 1.54) is 16.0 Å². The number of aromatic nitrogens is 1. The summed E-state index contributed by atoms with van der Waals surface area (Å²) in [5.41, 5.74) is 2.67. The van der Waals surface area contributed by atoms with E-state index in [2.05, 4.69) is 72.6 Å². The number of nitrogens with one attached hydrogen (secondary N) is 2. The normalized spacial score (nSPS) is 12.3. The van der Waals surface area contributed by atoms with E-state index in [0.717, 1.165) is 30.5 Å². The first-order valence-corrected chi connectivity index (χ1v) is 9.15. The fraction of sp³-hybridized carbons (Fsp3) is 0.474. The Kier molecular flexibility index (Phi) is 6.37. The van der Waals surface area contributed by atoms with Gasteiger partial charge >= 0.3 is 0 Å². The molecule has 0 aliphatic rings. The van der Waals surface area contributed by atoms with Crippen molar-refractivity contribution in [2.24, 2.45) is 4.99 Å². The van der Waals surface area contributed by atoms with E-state index >= 15 is 0 Å². The van der Waals surface area contributed by atoms with E-state index in [1.807, 2.05) is 13.2 Å². The molecule has 0 spiro atoms. The molecular formula is C19H28N4S. The van der Waals surface area contributed by atoms with Gasteiger partial charge in [0.25, 0.3) is 0 Å². The van der Waals surface area contributed by atoms with Crippen molar-refractivity contribution in [2.75, 3.05) is 20.1 Å². The van der Waals surface area contributed by atoms with E-state index in [0.29, 0.717) is 0 Å². The highest BCUT2D eigenvalue weighted by Crippen LogP contribution is 2.22. The zero-order valence-electron chi connectivity index (χ0n) is 15.3. The number of benzene rings is 1. The first-order valence-electron chi connectivity index (χ1n) is 8.34. The maximum absolute atomic E-state index is 4.39. The Bertz CT molecular complexity index is 688. The lowest BCUT2D eigenvalue weighted by molar-refractivity contribution is 0.508. The molecule has 1 aromatic carbocycles. The lowest BCUT2D eigenvalue weighted by Gasteiger charge is -2.27. The molecule has 2 rings (SSSR count). The fourth-order valence-corrected chi connectivity index (χ4v) is 3.28. The second-order valence-electron chi connectivity index (χ2n) is 6.72. The Morgan fingerprint density at radius 1 is 1.25 bits per heavy atom. The quantitative estimate of drug-likeness (QED) is 0.623. The van der Waals surface area contributed by atoms with Crippen molar-refractivity contribution < 1.29 is 0 Å². The van der Waals surface area contributed by atoms with Crippen molar-refractivity contribution in [1.82, 2.24) is 15.6 Å². The second kappa shape index (κ2) is 8.29. The van der Waals surface area contributed by atoms with Crippen LogP contribution in [-0.4, -0.2) is 31.1 Å². The number of thiazole rings is 1. The van der Waals surface area contributed by atoms with Crippen LogP contribution in [0.4, 0.5) is 0 Å². The molecular weight excluding hydrogens is 316 g/mol. The topological polar surface area (TPSA) is 49.3 Å². The molecule has 24 heavy (non-hydrogen) atoms. The third-order valence-electron chi connectivity index (χ3n) is 4.02. The Balaban J connectivity index is 1.84. The smallest absolute Gasteiger partial charge is 0.191 e. The van der Waals surface area contributed by atoms with Gasteiger partial charge in [-0.2, -0.15) is 0 Å². The maximum atomic E-state index is 4.39. The summed E-state index contributed by atoms with van der Waals surface area (Å²) in [6, 6.07) is 8.70. The number of aryl methyl sites for hydroxylation is 2. The fourth-order valence-electron chi connectivity index (χ4n) is 2.50. The number of nitrogens with zero attached hydrogens (tertiary/aromatic N) is 2. The summed E-state index contributed by atoms with van der Waals surface area (Å²) < 4.78 is 0. The van der Waals surface area contributed by atoms with Crippen molar-refractivity contribution >= 4 is 17.3 Å². The van der Waals surface area contributed by atoms with Gasteiger partial charge in [-0.15, -0.1) is 11.3 Å². The largest absolute Gasteiger partial charge is 0.356 e. The van der Waals surface area contributed by atoms with Crippen molar-refractivity contribution in [3.63, 3.8) is 0 Å². The molecule has 0 saturated carbocycles. The van der Waals surface area contributed by atoms with Crippen LogP contribution in [0.5, 0.6) is 0 Å². The Morgan fingerprint density at radius 3 is 2.67 bits per heavy atom. The first-order chi connectivity index (χ1) is 11.4. The van der Waals surface area contributed by atoms with Gasteiger partial charge in [0.15, 0.2) is 5.96 Å². The number of hydrogen-bond acceptors (Lipinski definition) is 3. The molecule has 0 saturated heterocycles. The number of rotatable bonds is 6. The van der Waals surface area contributed by atoms with Gasteiger partial charge in [0, 0.05) is 43.0 Å². The summed E-state index contributed by atoms with van der Waals surface area (Å²) >= 11 is 1.75. The molecule has 0 bridgehead atoms. The average Bonchev–Trinajstić information content (AvgIpc) is 2.96. The summed E-state index contributed by atoms with van der Waals surface area (Å²) in [6.07, 6.45) is 2.85. The van der Waals surface area contributed by atoms with Crippen LogP contribution in [0.1, 0.15) is 34.9 Å². The van der Waals surface area contributed by atoms with Crippen LogP contribution in [0, 0.1) is 13.8 Å². The summed E-state index contributed by atoms with van der Waals surface area (Å²) in [6.45, 7) is 10.4. The predicted octanol–water partition coefficient (Wildman–Crippen LogP) is 3.45. The highest BCUT2D eigenvalue weighted by atomic mass is 32.1. The van der Waals surface area contributed by atoms with E-state index in [-0.39, 0.29) is 5.41 Å². The Labute approximate surface area is 149 Å². The summed E-state index contributed by atoms with van der Waals surface area (Å²) in [5, 5.41) is 7.97. The zero-order chi connectivity index (χ0) is 17.6. The molecule has 5 heteroatoms. The molecule has 0 amide bonds. The van der Waals surface area contributed by atoms with E-state index in [4.69, 9.17) is 0 Å². The van der Waals surface area contributed by atoms with Gasteiger partial charge in [0.1, 0.15) is 0 Å². The zero-order valence-corrected chi connectivity index (χ0v) is 16.1. The predicted molar refractivity (Wildman–Crippen MR) is 104 cm³/mol. The molecule has 0 aliphatic heterocycles. The minimum absolute atomic E-state index is 0.0378. The third-order valence-corrected chi connectivity index (χ3v) is 4.99. The van der Waals surface area contributed by atoms with Gasteiger partial charge in [0.05, 0.1) is 5.01 Å². The first kappa shape index (κ1) is 18.5. The van der Waals surface area contributed by atoms with Gasteiger partial charge in [-0.25, -0.2) is 4.98 Å². The highest BCUT2D eigenvalue weighted by Gasteiger charge is 2.20. The Morgan fingerprint density at radius 2 is 2.04 bits per heavy atom. The van der Waals surface area contributed by atoms with Crippen molar-refractivity contribution in [3.8, 4) is 0 Å². The molecule has 0 atom stereocenters. The molecule has 1 aromatic heterocycles.